The van der Waals surface area contributed by atoms with Crippen LogP contribution in [0.15, 0.2) is 48.5 Å². The number of benzene rings is 2. The Morgan fingerprint density at radius 3 is 2.32 bits per heavy atom. The average molecular weight is 254 g/mol. The monoisotopic (exact) mass is 254 g/mol. The molecule has 3 heteroatoms. The molecule has 2 rings (SSSR count). The zero-order valence-corrected chi connectivity index (χ0v) is 11.0. The highest BCUT2D eigenvalue weighted by molar-refractivity contribution is 5.77. The van der Waals surface area contributed by atoms with Crippen molar-refractivity contribution < 1.29 is 9.90 Å². The van der Waals surface area contributed by atoms with Crippen LogP contribution in [0.25, 0.3) is 0 Å². The van der Waals surface area contributed by atoms with Gasteiger partial charge in [-0.2, -0.15) is 0 Å². The van der Waals surface area contributed by atoms with E-state index in [1.165, 1.54) is 0 Å². The SMILES string of the molecule is Cc1ccc([C@H](Nc2cccc(C)c2)C(=O)[O-])cc1. The molecular formula is C16H16NO2-. The quantitative estimate of drug-likeness (QED) is 0.910. The standard InChI is InChI=1S/C16H17NO2/c1-11-6-8-13(9-7-11)15(16(18)19)17-14-5-3-4-12(2)10-14/h3-10,15,17H,1-2H3,(H,18,19)/p-1/t15-/m0/s1. The first kappa shape index (κ1) is 13.1. The van der Waals surface area contributed by atoms with Gasteiger partial charge in [-0.3, -0.25) is 0 Å². The van der Waals surface area contributed by atoms with E-state index in [9.17, 15) is 9.90 Å². The van der Waals surface area contributed by atoms with Gasteiger partial charge in [0, 0.05) is 5.69 Å². The van der Waals surface area contributed by atoms with Crippen molar-refractivity contribution in [1.82, 2.24) is 0 Å². The molecule has 98 valence electrons. The van der Waals surface area contributed by atoms with Crippen molar-refractivity contribution >= 4 is 11.7 Å². The van der Waals surface area contributed by atoms with Crippen molar-refractivity contribution in [3.05, 3.63) is 65.2 Å². The number of carboxylic acids is 1. The van der Waals surface area contributed by atoms with Gasteiger partial charge in [-0.15, -0.1) is 0 Å². The predicted octanol–water partition coefficient (Wildman–Crippen LogP) is 2.21. The number of nitrogens with one attached hydrogen (secondary N) is 1. The highest BCUT2D eigenvalue weighted by atomic mass is 16.4. The van der Waals surface area contributed by atoms with Crippen LogP contribution >= 0.6 is 0 Å². The summed E-state index contributed by atoms with van der Waals surface area (Å²) in [6, 6.07) is 14.2. The smallest absolute Gasteiger partial charge is 0.0912 e. The molecule has 0 saturated carbocycles. The maximum atomic E-state index is 11.3. The van der Waals surface area contributed by atoms with Gasteiger partial charge < -0.3 is 15.2 Å². The molecule has 0 aliphatic carbocycles. The van der Waals surface area contributed by atoms with E-state index >= 15 is 0 Å². The van der Waals surface area contributed by atoms with Crippen molar-refractivity contribution in [1.29, 1.82) is 0 Å². The number of anilines is 1. The highest BCUT2D eigenvalue weighted by Crippen LogP contribution is 2.20. The molecule has 0 aromatic heterocycles. The van der Waals surface area contributed by atoms with Gasteiger partial charge in [0.25, 0.3) is 0 Å². The van der Waals surface area contributed by atoms with E-state index in [2.05, 4.69) is 5.32 Å². The lowest BCUT2D eigenvalue weighted by atomic mass is 10.0. The van der Waals surface area contributed by atoms with Crippen LogP contribution in [0.3, 0.4) is 0 Å². The van der Waals surface area contributed by atoms with Crippen molar-refractivity contribution in [3.8, 4) is 0 Å². The minimum Gasteiger partial charge on any atom is -0.548 e. The number of carbonyl (C=O) groups is 1. The second-order valence-electron chi connectivity index (χ2n) is 4.68. The van der Waals surface area contributed by atoms with E-state index < -0.39 is 12.0 Å². The second kappa shape index (κ2) is 5.57. The predicted molar refractivity (Wildman–Crippen MR) is 73.7 cm³/mol. The van der Waals surface area contributed by atoms with Gasteiger partial charge in [0.15, 0.2) is 0 Å². The molecule has 1 N–H and O–H groups in total. The minimum absolute atomic E-state index is 0.687. The summed E-state index contributed by atoms with van der Waals surface area (Å²) >= 11 is 0. The molecule has 0 amide bonds. The molecule has 19 heavy (non-hydrogen) atoms. The molecule has 0 fully saturated rings. The Balaban J connectivity index is 2.26. The van der Waals surface area contributed by atoms with Gasteiger partial charge in [0.05, 0.1) is 12.0 Å². The molecule has 0 saturated heterocycles. The van der Waals surface area contributed by atoms with Crippen LogP contribution in [0.2, 0.25) is 0 Å². The average Bonchev–Trinajstić information content (AvgIpc) is 2.37. The van der Waals surface area contributed by atoms with E-state index in [1.54, 1.807) is 12.1 Å². The third kappa shape index (κ3) is 3.35. The van der Waals surface area contributed by atoms with Gasteiger partial charge >= 0.3 is 0 Å². The summed E-state index contributed by atoms with van der Waals surface area (Å²) in [6.07, 6.45) is 0. The molecule has 0 spiro atoms. The molecule has 0 radical (unpaired) electrons. The van der Waals surface area contributed by atoms with E-state index in [0.29, 0.717) is 5.56 Å². The summed E-state index contributed by atoms with van der Waals surface area (Å²) in [4.78, 5) is 11.3. The lowest BCUT2D eigenvalue weighted by molar-refractivity contribution is -0.307. The van der Waals surface area contributed by atoms with Crippen molar-refractivity contribution in [3.63, 3.8) is 0 Å². The number of carbonyl (C=O) groups excluding carboxylic acids is 1. The summed E-state index contributed by atoms with van der Waals surface area (Å²) < 4.78 is 0. The molecule has 0 heterocycles. The Morgan fingerprint density at radius 2 is 1.74 bits per heavy atom. The van der Waals surface area contributed by atoms with Crippen molar-refractivity contribution in [2.24, 2.45) is 0 Å². The van der Waals surface area contributed by atoms with Gasteiger partial charge in [-0.25, -0.2) is 0 Å². The van der Waals surface area contributed by atoms with Crippen LogP contribution in [-0.4, -0.2) is 5.97 Å². The number of rotatable bonds is 4. The first-order chi connectivity index (χ1) is 9.06. The summed E-state index contributed by atoms with van der Waals surface area (Å²) in [5.74, 6) is -1.13. The number of aliphatic carboxylic acids is 1. The van der Waals surface area contributed by atoms with Gasteiger partial charge in [-0.05, 0) is 37.1 Å². The fraction of sp³-hybridized carbons (Fsp3) is 0.188. The molecule has 2 aromatic carbocycles. The van der Waals surface area contributed by atoms with Gasteiger partial charge in [0.2, 0.25) is 0 Å². The molecule has 3 nitrogen and oxygen atoms in total. The maximum absolute atomic E-state index is 11.3. The third-order valence-corrected chi connectivity index (χ3v) is 2.98. The number of hydrogen-bond donors (Lipinski definition) is 1. The summed E-state index contributed by atoms with van der Waals surface area (Å²) in [6.45, 7) is 3.93. The third-order valence-electron chi connectivity index (χ3n) is 2.98. The van der Waals surface area contributed by atoms with Crippen molar-refractivity contribution in [2.75, 3.05) is 5.32 Å². The highest BCUT2D eigenvalue weighted by Gasteiger charge is 2.12. The van der Waals surface area contributed by atoms with Crippen LogP contribution in [0.5, 0.6) is 0 Å². The van der Waals surface area contributed by atoms with E-state index in [0.717, 1.165) is 16.8 Å². The van der Waals surface area contributed by atoms with Crippen LogP contribution in [0.1, 0.15) is 22.7 Å². The van der Waals surface area contributed by atoms with Gasteiger partial charge in [0.1, 0.15) is 0 Å². The topological polar surface area (TPSA) is 52.2 Å². The largest absolute Gasteiger partial charge is 0.548 e. The molecule has 1 atom stereocenters. The first-order valence-corrected chi connectivity index (χ1v) is 6.17. The second-order valence-corrected chi connectivity index (χ2v) is 4.68. The molecule has 0 bridgehead atoms. The van der Waals surface area contributed by atoms with E-state index in [-0.39, 0.29) is 0 Å². The Morgan fingerprint density at radius 1 is 1.05 bits per heavy atom. The zero-order chi connectivity index (χ0) is 13.8. The Labute approximate surface area is 112 Å². The summed E-state index contributed by atoms with van der Waals surface area (Å²) in [5.41, 5.74) is 3.63. The molecule has 0 unspecified atom stereocenters. The van der Waals surface area contributed by atoms with Crippen LogP contribution in [-0.2, 0) is 4.79 Å². The minimum atomic E-state index is -1.13. The maximum Gasteiger partial charge on any atom is 0.0912 e. The lowest BCUT2D eigenvalue weighted by Crippen LogP contribution is -2.34. The Bertz CT molecular complexity index is 576. The number of carboxylic acid groups (broad SMARTS) is 1. The summed E-state index contributed by atoms with van der Waals surface area (Å²) in [7, 11) is 0. The lowest BCUT2D eigenvalue weighted by Gasteiger charge is -2.21. The van der Waals surface area contributed by atoms with Crippen LogP contribution in [0.4, 0.5) is 5.69 Å². The molecule has 2 aromatic rings. The zero-order valence-electron chi connectivity index (χ0n) is 11.0. The normalized spacial score (nSPS) is 11.9. The number of hydrogen-bond acceptors (Lipinski definition) is 3. The fourth-order valence-corrected chi connectivity index (χ4v) is 1.94. The molecule has 0 aliphatic rings. The fourth-order valence-electron chi connectivity index (χ4n) is 1.94. The molecule has 0 aliphatic heterocycles. The molecular weight excluding hydrogens is 238 g/mol. The van der Waals surface area contributed by atoms with Crippen LogP contribution < -0.4 is 10.4 Å². The Hall–Kier alpha value is -2.29. The van der Waals surface area contributed by atoms with E-state index in [4.69, 9.17) is 0 Å². The van der Waals surface area contributed by atoms with Gasteiger partial charge in [-0.1, -0.05) is 42.0 Å². The number of aryl methyl sites for hydroxylation is 2. The van der Waals surface area contributed by atoms with Crippen molar-refractivity contribution in [2.45, 2.75) is 19.9 Å². The van der Waals surface area contributed by atoms with Crippen LogP contribution in [0, 0.1) is 13.8 Å². The first-order valence-electron chi connectivity index (χ1n) is 6.17. The summed E-state index contributed by atoms with van der Waals surface area (Å²) in [5, 5.41) is 14.3. The van der Waals surface area contributed by atoms with E-state index in [1.807, 2.05) is 50.2 Å². The Kier molecular flexibility index (Phi) is 3.85.